The maximum absolute atomic E-state index is 10.9. The summed E-state index contributed by atoms with van der Waals surface area (Å²) in [6.45, 7) is -0.529. The molecule has 6 N–H and O–H groups in total. The first-order valence-corrected chi connectivity index (χ1v) is 6.34. The van der Waals surface area contributed by atoms with Crippen LogP contribution >= 0.6 is 0 Å². The number of carboxylic acids is 1. The molecule has 1 aliphatic rings. The number of anilines is 1. The van der Waals surface area contributed by atoms with Crippen LogP contribution < -0.4 is 5.32 Å². The molecule has 0 radical (unpaired) electrons. The molecule has 1 unspecified atom stereocenters. The molecular formula is C13H17NO7. The Morgan fingerprint density at radius 3 is 2.52 bits per heavy atom. The summed E-state index contributed by atoms with van der Waals surface area (Å²) in [5, 5.41) is 49.9. The lowest BCUT2D eigenvalue weighted by Gasteiger charge is -2.40. The summed E-state index contributed by atoms with van der Waals surface area (Å²) in [6.07, 6.45) is -6.48. The van der Waals surface area contributed by atoms with E-state index in [-0.39, 0.29) is 5.56 Å². The first kappa shape index (κ1) is 15.7. The van der Waals surface area contributed by atoms with Gasteiger partial charge in [0.2, 0.25) is 0 Å². The summed E-state index contributed by atoms with van der Waals surface area (Å²) in [4.78, 5) is 10.9. The predicted molar refractivity (Wildman–Crippen MR) is 70.8 cm³/mol. The quantitative estimate of drug-likeness (QED) is 0.399. The van der Waals surface area contributed by atoms with Gasteiger partial charge in [0.25, 0.3) is 0 Å². The van der Waals surface area contributed by atoms with Crippen LogP contribution in [0, 0.1) is 0 Å². The molecule has 8 heteroatoms. The van der Waals surface area contributed by atoms with Crippen molar-refractivity contribution in [1.29, 1.82) is 0 Å². The minimum Gasteiger partial charge on any atom is -0.478 e. The van der Waals surface area contributed by atoms with Gasteiger partial charge in [0, 0.05) is 5.69 Å². The van der Waals surface area contributed by atoms with Crippen LogP contribution in [0.5, 0.6) is 0 Å². The summed E-state index contributed by atoms with van der Waals surface area (Å²) in [5.74, 6) is -1.10. The highest BCUT2D eigenvalue weighted by molar-refractivity contribution is 5.88. The molecule has 1 fully saturated rings. The van der Waals surface area contributed by atoms with E-state index in [2.05, 4.69) is 5.32 Å². The van der Waals surface area contributed by atoms with Crippen LogP contribution in [0.25, 0.3) is 0 Å². The number of aliphatic hydroxyl groups excluding tert-OH is 4. The maximum atomic E-state index is 10.9. The van der Waals surface area contributed by atoms with Gasteiger partial charge in [0.05, 0.1) is 12.2 Å². The first-order valence-electron chi connectivity index (χ1n) is 6.34. The third-order valence-corrected chi connectivity index (χ3v) is 3.31. The van der Waals surface area contributed by atoms with Gasteiger partial charge >= 0.3 is 5.97 Å². The molecule has 21 heavy (non-hydrogen) atoms. The Hall–Kier alpha value is -1.71. The number of hydrogen-bond acceptors (Lipinski definition) is 7. The number of carboxylic acid groups (broad SMARTS) is 1. The molecule has 1 heterocycles. The number of hydrogen-bond donors (Lipinski definition) is 6. The molecule has 0 aliphatic carbocycles. The van der Waals surface area contributed by atoms with E-state index in [0.717, 1.165) is 0 Å². The average molecular weight is 299 g/mol. The highest BCUT2D eigenvalue weighted by Crippen LogP contribution is 2.23. The van der Waals surface area contributed by atoms with Crippen LogP contribution in [0.1, 0.15) is 10.4 Å². The zero-order valence-corrected chi connectivity index (χ0v) is 11.0. The number of aromatic carboxylic acids is 1. The Morgan fingerprint density at radius 1 is 1.19 bits per heavy atom. The normalized spacial score (nSPS) is 32.7. The van der Waals surface area contributed by atoms with Crippen molar-refractivity contribution in [3.05, 3.63) is 29.8 Å². The van der Waals surface area contributed by atoms with Crippen molar-refractivity contribution < 1.29 is 35.1 Å². The summed E-state index contributed by atoms with van der Waals surface area (Å²) in [5.41, 5.74) is 0.406. The fraction of sp³-hybridized carbons (Fsp3) is 0.462. The summed E-state index contributed by atoms with van der Waals surface area (Å²) >= 11 is 0. The SMILES string of the molecule is O=C(O)c1cccc(NC2O[C@H](CO)[C@@H](O)[C@H](O)[C@H]2O)c1. The van der Waals surface area contributed by atoms with E-state index in [1.165, 1.54) is 18.2 Å². The number of nitrogens with one attached hydrogen (secondary N) is 1. The van der Waals surface area contributed by atoms with Crippen LogP contribution in [0.2, 0.25) is 0 Å². The molecule has 0 bridgehead atoms. The molecule has 2 rings (SSSR count). The number of rotatable bonds is 4. The molecule has 0 aromatic heterocycles. The van der Waals surface area contributed by atoms with Crippen LogP contribution in [0.3, 0.4) is 0 Å². The van der Waals surface area contributed by atoms with Crippen molar-refractivity contribution in [2.24, 2.45) is 0 Å². The van der Waals surface area contributed by atoms with Crippen LogP contribution in [0.4, 0.5) is 5.69 Å². The first-order chi connectivity index (χ1) is 9.93. The van der Waals surface area contributed by atoms with Gasteiger partial charge in [-0.3, -0.25) is 0 Å². The van der Waals surface area contributed by atoms with Gasteiger partial charge in [0.1, 0.15) is 24.4 Å². The van der Waals surface area contributed by atoms with Gasteiger partial charge < -0.3 is 35.6 Å². The Bertz CT molecular complexity index is 507. The van der Waals surface area contributed by atoms with Gasteiger partial charge in [-0.05, 0) is 18.2 Å². The maximum Gasteiger partial charge on any atom is 0.335 e. The second-order valence-corrected chi connectivity index (χ2v) is 4.78. The molecule has 0 amide bonds. The summed E-state index contributed by atoms with van der Waals surface area (Å²) in [7, 11) is 0. The topological polar surface area (TPSA) is 139 Å². The monoisotopic (exact) mass is 299 g/mol. The molecule has 1 aromatic rings. The van der Waals surface area contributed by atoms with Crippen molar-refractivity contribution in [2.75, 3.05) is 11.9 Å². The van der Waals surface area contributed by atoms with Gasteiger partial charge in [-0.25, -0.2) is 4.79 Å². The highest BCUT2D eigenvalue weighted by atomic mass is 16.6. The van der Waals surface area contributed by atoms with Gasteiger partial charge in [-0.1, -0.05) is 6.07 Å². The third kappa shape index (κ3) is 3.31. The molecule has 0 saturated carbocycles. The minimum absolute atomic E-state index is 0.0459. The highest BCUT2D eigenvalue weighted by Gasteiger charge is 2.43. The van der Waals surface area contributed by atoms with E-state index in [1.54, 1.807) is 6.07 Å². The van der Waals surface area contributed by atoms with Crippen LogP contribution in [-0.4, -0.2) is 68.8 Å². The molecule has 0 spiro atoms. The Labute approximate surface area is 120 Å². The van der Waals surface area contributed by atoms with E-state index in [0.29, 0.717) is 5.69 Å². The van der Waals surface area contributed by atoms with E-state index in [4.69, 9.17) is 14.9 Å². The van der Waals surface area contributed by atoms with E-state index < -0.39 is 43.2 Å². The standard InChI is InChI=1S/C13H17NO7/c15-5-8-9(16)10(17)11(18)12(21-8)14-7-3-1-2-6(4-7)13(19)20/h1-4,8-12,14-18H,5H2,(H,19,20)/t8-,9-,10+,11-,12?/m1/s1. The van der Waals surface area contributed by atoms with Crippen molar-refractivity contribution in [3.63, 3.8) is 0 Å². The van der Waals surface area contributed by atoms with Crippen LogP contribution in [-0.2, 0) is 4.74 Å². The molecule has 1 aliphatic heterocycles. The zero-order valence-electron chi connectivity index (χ0n) is 11.0. The van der Waals surface area contributed by atoms with Crippen molar-refractivity contribution >= 4 is 11.7 Å². The Kier molecular flexibility index (Phi) is 4.76. The lowest BCUT2D eigenvalue weighted by Crippen LogP contribution is -2.60. The Balaban J connectivity index is 2.14. The molecule has 1 saturated heterocycles. The van der Waals surface area contributed by atoms with Crippen molar-refractivity contribution in [2.45, 2.75) is 30.6 Å². The second-order valence-electron chi connectivity index (χ2n) is 4.78. The lowest BCUT2D eigenvalue weighted by molar-refractivity contribution is -0.221. The average Bonchev–Trinajstić information content (AvgIpc) is 2.48. The van der Waals surface area contributed by atoms with Gasteiger partial charge in [-0.2, -0.15) is 0 Å². The Morgan fingerprint density at radius 2 is 1.90 bits per heavy atom. The number of ether oxygens (including phenoxy) is 1. The fourth-order valence-corrected chi connectivity index (χ4v) is 2.13. The molecule has 8 nitrogen and oxygen atoms in total. The van der Waals surface area contributed by atoms with Crippen molar-refractivity contribution in [3.8, 4) is 0 Å². The van der Waals surface area contributed by atoms with E-state index in [1.807, 2.05) is 0 Å². The predicted octanol–water partition coefficient (Wildman–Crippen LogP) is -1.40. The number of benzene rings is 1. The molecule has 5 atom stereocenters. The smallest absolute Gasteiger partial charge is 0.335 e. The molecule has 1 aromatic carbocycles. The summed E-state index contributed by atoms with van der Waals surface area (Å²) in [6, 6.07) is 5.81. The molecule has 116 valence electrons. The van der Waals surface area contributed by atoms with Gasteiger partial charge in [0.15, 0.2) is 6.23 Å². The van der Waals surface area contributed by atoms with Crippen LogP contribution in [0.15, 0.2) is 24.3 Å². The number of carbonyl (C=O) groups is 1. The lowest BCUT2D eigenvalue weighted by atomic mass is 9.98. The summed E-state index contributed by atoms with van der Waals surface area (Å²) < 4.78 is 5.27. The largest absolute Gasteiger partial charge is 0.478 e. The molecular weight excluding hydrogens is 282 g/mol. The second kappa shape index (κ2) is 6.37. The van der Waals surface area contributed by atoms with Gasteiger partial charge in [-0.15, -0.1) is 0 Å². The zero-order chi connectivity index (χ0) is 15.6. The fourth-order valence-electron chi connectivity index (χ4n) is 2.13. The van der Waals surface area contributed by atoms with E-state index in [9.17, 15) is 20.1 Å². The number of aliphatic hydroxyl groups is 4. The minimum atomic E-state index is -1.49. The van der Waals surface area contributed by atoms with E-state index >= 15 is 0 Å². The third-order valence-electron chi connectivity index (χ3n) is 3.31. The van der Waals surface area contributed by atoms with Crippen molar-refractivity contribution in [1.82, 2.24) is 0 Å².